The molecule has 110 valence electrons. The van der Waals surface area contributed by atoms with Crippen molar-refractivity contribution in [2.45, 2.75) is 32.6 Å². The van der Waals surface area contributed by atoms with E-state index in [1.165, 1.54) is 27.5 Å². The van der Waals surface area contributed by atoms with Crippen LogP contribution < -0.4 is 4.46 Å². The molecule has 0 aliphatic rings. The van der Waals surface area contributed by atoms with E-state index in [-0.39, 0.29) is 25.6 Å². The molecule has 0 aromatic heterocycles. The second kappa shape index (κ2) is 9.61. The van der Waals surface area contributed by atoms with Crippen LogP contribution >= 0.6 is 27.7 Å². The summed E-state index contributed by atoms with van der Waals surface area (Å²) in [5.74, 6) is 0. The van der Waals surface area contributed by atoms with E-state index in [2.05, 4.69) is 29.1 Å². The Morgan fingerprint density at radius 2 is 2.20 bits per heavy atom. The van der Waals surface area contributed by atoms with Gasteiger partial charge in [-0.15, -0.1) is 0 Å². The number of rotatable bonds is 8. The van der Waals surface area contributed by atoms with Crippen molar-refractivity contribution in [2.24, 2.45) is 0 Å². The predicted molar refractivity (Wildman–Crippen MR) is 92.1 cm³/mol. The maximum absolute atomic E-state index is 10.8. The summed E-state index contributed by atoms with van der Waals surface area (Å²) in [6.07, 6.45) is 6.76. The van der Waals surface area contributed by atoms with Crippen LogP contribution in [0.15, 0.2) is 32.6 Å². The Labute approximate surface area is 139 Å². The number of thioether (sulfide) groups is 1. The fourth-order valence-corrected chi connectivity index (χ4v) is 5.81. The minimum absolute atomic E-state index is 0.122. The summed E-state index contributed by atoms with van der Waals surface area (Å²) in [6.45, 7) is 2.19. The number of hydrogen-bond acceptors (Lipinski definition) is 3. The zero-order chi connectivity index (χ0) is 15.0. The second-order valence-electron chi connectivity index (χ2n) is 4.21. The van der Waals surface area contributed by atoms with Gasteiger partial charge in [-0.2, -0.15) is 0 Å². The topological polar surface area (TPSA) is 43.1 Å². The molecule has 1 aromatic rings. The van der Waals surface area contributed by atoms with Crippen LogP contribution in [0.5, 0.6) is 0 Å². The van der Waals surface area contributed by atoms with Gasteiger partial charge in [-0.1, -0.05) is 0 Å². The molecule has 0 radical (unpaired) electrons. The van der Waals surface area contributed by atoms with Gasteiger partial charge < -0.3 is 0 Å². The van der Waals surface area contributed by atoms with Crippen LogP contribution in [0.4, 0.5) is 5.69 Å². The zero-order valence-electron chi connectivity index (χ0n) is 11.6. The number of benzene rings is 1. The number of nitro groups is 1. The third-order valence-corrected chi connectivity index (χ3v) is 8.32. The number of nitro benzene ring substituents is 1. The summed E-state index contributed by atoms with van der Waals surface area (Å²) in [4.78, 5) is 10.5. The predicted octanol–water partition coefficient (Wildman–Crippen LogP) is 4.43. The number of non-ortho nitro benzene ring substituents is 1. The van der Waals surface area contributed by atoms with Crippen molar-refractivity contribution in [3.8, 4) is 0 Å². The maximum atomic E-state index is 10.8. The zero-order valence-corrected chi connectivity index (χ0v) is 15.7. The minimum atomic E-state index is -0.335. The standard InChI is InChI=1S/C14H18BrNO2SSe/c1-3-4-5-9-13(15)14(19-2)20-12-8-6-7-11(10-12)16(17)18/h6-8,10H,3-5,9H2,1-2H3/b14-13+. The monoisotopic (exact) mass is 423 g/mol. The van der Waals surface area contributed by atoms with Gasteiger partial charge in [0.1, 0.15) is 0 Å². The molecule has 0 fully saturated rings. The van der Waals surface area contributed by atoms with E-state index in [0.717, 1.165) is 10.9 Å². The van der Waals surface area contributed by atoms with Crippen molar-refractivity contribution >= 4 is 52.8 Å². The van der Waals surface area contributed by atoms with E-state index < -0.39 is 0 Å². The van der Waals surface area contributed by atoms with Gasteiger partial charge in [0.25, 0.3) is 0 Å². The van der Waals surface area contributed by atoms with E-state index in [4.69, 9.17) is 0 Å². The van der Waals surface area contributed by atoms with Crippen molar-refractivity contribution in [3.05, 3.63) is 42.7 Å². The molecule has 1 aromatic carbocycles. The number of hydrogen-bond donors (Lipinski definition) is 0. The molecule has 0 spiro atoms. The van der Waals surface area contributed by atoms with E-state index in [0.29, 0.717) is 0 Å². The van der Waals surface area contributed by atoms with Gasteiger partial charge in [0.15, 0.2) is 0 Å². The molecule has 0 amide bonds. The first-order chi connectivity index (χ1) is 9.58. The molecule has 20 heavy (non-hydrogen) atoms. The third kappa shape index (κ3) is 6.00. The molecule has 0 aliphatic heterocycles. The molecule has 0 heterocycles. The van der Waals surface area contributed by atoms with Gasteiger partial charge >= 0.3 is 139 Å². The van der Waals surface area contributed by atoms with E-state index in [1.54, 1.807) is 30.0 Å². The number of halogens is 1. The first kappa shape index (κ1) is 17.8. The second-order valence-corrected chi connectivity index (χ2v) is 8.84. The third-order valence-electron chi connectivity index (χ3n) is 2.65. The van der Waals surface area contributed by atoms with Crippen molar-refractivity contribution < 1.29 is 4.92 Å². The molecule has 3 nitrogen and oxygen atoms in total. The summed E-state index contributed by atoms with van der Waals surface area (Å²) < 4.78 is 3.61. The van der Waals surface area contributed by atoms with Crippen molar-refractivity contribution in [3.63, 3.8) is 0 Å². The van der Waals surface area contributed by atoms with Gasteiger partial charge in [-0.25, -0.2) is 0 Å². The van der Waals surface area contributed by atoms with Crippen molar-refractivity contribution in [1.29, 1.82) is 0 Å². The molecule has 0 N–H and O–H groups in total. The molecule has 0 saturated carbocycles. The van der Waals surface area contributed by atoms with Gasteiger partial charge in [0, 0.05) is 0 Å². The van der Waals surface area contributed by atoms with Crippen molar-refractivity contribution in [1.82, 2.24) is 0 Å². The van der Waals surface area contributed by atoms with E-state index >= 15 is 0 Å². The van der Waals surface area contributed by atoms with Crippen LogP contribution in [0.1, 0.15) is 32.6 Å². The summed E-state index contributed by atoms with van der Waals surface area (Å²) in [6, 6.07) is 6.95. The number of allylic oxidation sites excluding steroid dienone is 1. The molecular formula is C14H18BrNO2SSe. The Morgan fingerprint density at radius 3 is 2.80 bits per heavy atom. The van der Waals surface area contributed by atoms with Crippen LogP contribution in [0.2, 0.25) is 0 Å². The van der Waals surface area contributed by atoms with Crippen LogP contribution in [0.25, 0.3) is 0 Å². The average molecular weight is 423 g/mol. The summed E-state index contributed by atoms with van der Waals surface area (Å²) >= 11 is 5.54. The van der Waals surface area contributed by atoms with Gasteiger partial charge in [0.05, 0.1) is 0 Å². The fourth-order valence-electron chi connectivity index (χ4n) is 1.61. The Hall–Kier alpha value is -0.291. The fraction of sp³-hybridized carbons (Fsp3) is 0.429. The quantitative estimate of drug-likeness (QED) is 0.269. The Bertz CT molecular complexity index is 494. The number of nitrogens with zero attached hydrogens (tertiary/aromatic N) is 1. The molecule has 0 unspecified atom stereocenters. The molecule has 0 bridgehead atoms. The SMILES string of the molecule is CCCCC/C(Br)=C(/SC)[Se]c1cccc([N+](=O)[O-])c1. The normalized spacial score (nSPS) is 12.2. The average Bonchev–Trinajstić information content (AvgIpc) is 2.45. The molecule has 0 aliphatic carbocycles. The first-order valence-electron chi connectivity index (χ1n) is 6.43. The van der Waals surface area contributed by atoms with Gasteiger partial charge in [0.2, 0.25) is 0 Å². The molecule has 0 saturated heterocycles. The summed E-state index contributed by atoms with van der Waals surface area (Å²) in [5.41, 5.74) is 0.173. The van der Waals surface area contributed by atoms with E-state index in [1.807, 2.05) is 6.07 Å². The first-order valence-corrected chi connectivity index (χ1v) is 10.2. The molecule has 1 rings (SSSR count). The molecule has 0 atom stereocenters. The Kier molecular flexibility index (Phi) is 8.53. The number of unbranched alkanes of at least 4 members (excludes halogenated alkanes) is 2. The van der Waals surface area contributed by atoms with Gasteiger partial charge in [-0.3, -0.25) is 0 Å². The van der Waals surface area contributed by atoms with E-state index in [9.17, 15) is 10.1 Å². The van der Waals surface area contributed by atoms with Crippen LogP contribution in [-0.2, 0) is 0 Å². The molecule has 6 heteroatoms. The van der Waals surface area contributed by atoms with Gasteiger partial charge in [-0.05, 0) is 0 Å². The summed E-state index contributed by atoms with van der Waals surface area (Å²) in [7, 11) is 0. The van der Waals surface area contributed by atoms with Crippen LogP contribution in [-0.4, -0.2) is 26.1 Å². The van der Waals surface area contributed by atoms with Crippen LogP contribution in [0, 0.1) is 10.1 Å². The van der Waals surface area contributed by atoms with Crippen molar-refractivity contribution in [2.75, 3.05) is 6.26 Å². The Balaban J connectivity index is 2.79. The van der Waals surface area contributed by atoms with Crippen LogP contribution in [0.3, 0.4) is 0 Å². The molecular weight excluding hydrogens is 405 g/mol. The Morgan fingerprint density at radius 1 is 1.45 bits per heavy atom. The summed E-state index contributed by atoms with van der Waals surface area (Å²) in [5, 5.41) is 10.8.